The normalized spacial score (nSPS) is 15.7. The number of carbonyl (C=O) groups is 1. The number of hydrogen-bond acceptors (Lipinski definition) is 4. The van der Waals surface area contributed by atoms with Gasteiger partial charge in [0, 0.05) is 18.4 Å². The van der Waals surface area contributed by atoms with Gasteiger partial charge in [-0.3, -0.25) is 15.5 Å². The first-order valence-corrected chi connectivity index (χ1v) is 9.87. The molecule has 0 unspecified atom stereocenters. The molecule has 1 aromatic heterocycles. The van der Waals surface area contributed by atoms with Crippen molar-refractivity contribution in [3.63, 3.8) is 0 Å². The minimum atomic E-state index is -0.398. The van der Waals surface area contributed by atoms with E-state index in [-0.39, 0.29) is 22.5 Å². The number of rotatable bonds is 6. The summed E-state index contributed by atoms with van der Waals surface area (Å²) in [6.07, 6.45) is 9.65. The molecule has 1 heterocycles. The Morgan fingerprint density at radius 3 is 2.78 bits per heavy atom. The lowest BCUT2D eigenvalue weighted by atomic mass is 9.85. The fourth-order valence-electron chi connectivity index (χ4n) is 3.50. The zero-order chi connectivity index (χ0) is 19.2. The first kappa shape index (κ1) is 19.8. The molecule has 144 valence electrons. The van der Waals surface area contributed by atoms with Crippen molar-refractivity contribution in [3.8, 4) is 0 Å². The van der Waals surface area contributed by atoms with Crippen LogP contribution >= 0.6 is 15.9 Å². The molecule has 1 aromatic carbocycles. The molecule has 1 aliphatic rings. The van der Waals surface area contributed by atoms with Crippen LogP contribution in [-0.4, -0.2) is 16.8 Å². The Hall–Kier alpha value is -1.99. The van der Waals surface area contributed by atoms with Gasteiger partial charge >= 0.3 is 0 Å². The summed E-state index contributed by atoms with van der Waals surface area (Å²) in [5.74, 6) is 0.376. The van der Waals surface area contributed by atoms with Gasteiger partial charge in [-0.1, -0.05) is 32.1 Å². The number of halogens is 2. The Bertz CT molecular complexity index is 828. The number of hydroxylamine groups is 1. The number of carbonyl (C=O) groups excluding carboxylic acids is 1. The van der Waals surface area contributed by atoms with Crippen LogP contribution in [0.1, 0.15) is 49.7 Å². The molecule has 27 heavy (non-hydrogen) atoms. The molecule has 0 amide bonds. The summed E-state index contributed by atoms with van der Waals surface area (Å²) in [6.45, 7) is 0. The third-order valence-electron chi connectivity index (χ3n) is 4.88. The smallest absolute Gasteiger partial charge is 0.160 e. The molecule has 2 aromatic rings. The standard InChI is InChI=1S/C20H22BrFN2O3/c21-18-10-15(6-7-19(18)22)23-20(24-26)17-12-27-11-14(17)9-16(25)8-13-4-2-1-3-5-13/h6-7,10-13,26H,1-5,8-9H2,(H,23,24). The van der Waals surface area contributed by atoms with Crippen LogP contribution in [0.3, 0.4) is 0 Å². The lowest BCUT2D eigenvalue weighted by Gasteiger charge is -2.20. The Kier molecular flexibility index (Phi) is 6.79. The molecule has 0 radical (unpaired) electrons. The Labute approximate surface area is 165 Å². The average molecular weight is 437 g/mol. The van der Waals surface area contributed by atoms with Crippen LogP contribution in [0.25, 0.3) is 0 Å². The number of nitrogens with one attached hydrogen (secondary N) is 1. The molecule has 7 heteroatoms. The second kappa shape index (κ2) is 9.28. The third kappa shape index (κ3) is 5.26. The molecule has 0 bridgehead atoms. The van der Waals surface area contributed by atoms with Crippen LogP contribution in [0.4, 0.5) is 10.1 Å². The molecular weight excluding hydrogens is 415 g/mol. The molecule has 3 rings (SSSR count). The number of aliphatic imine (C=N–C) groups is 1. The Balaban J connectivity index is 1.74. The maximum absolute atomic E-state index is 13.4. The fourth-order valence-corrected chi connectivity index (χ4v) is 3.86. The lowest BCUT2D eigenvalue weighted by Crippen LogP contribution is -2.22. The van der Waals surface area contributed by atoms with E-state index in [4.69, 9.17) is 4.42 Å². The molecule has 1 aliphatic carbocycles. The van der Waals surface area contributed by atoms with E-state index in [1.807, 2.05) is 0 Å². The van der Waals surface area contributed by atoms with E-state index in [2.05, 4.69) is 26.4 Å². The minimum Gasteiger partial charge on any atom is -0.472 e. The lowest BCUT2D eigenvalue weighted by molar-refractivity contribution is -0.119. The van der Waals surface area contributed by atoms with E-state index in [1.165, 1.54) is 50.0 Å². The van der Waals surface area contributed by atoms with Gasteiger partial charge in [0.2, 0.25) is 0 Å². The summed E-state index contributed by atoms with van der Waals surface area (Å²) in [5, 5.41) is 9.51. The van der Waals surface area contributed by atoms with Crippen LogP contribution in [0, 0.1) is 11.7 Å². The Morgan fingerprint density at radius 1 is 1.30 bits per heavy atom. The van der Waals surface area contributed by atoms with Crippen molar-refractivity contribution in [2.24, 2.45) is 10.9 Å². The van der Waals surface area contributed by atoms with E-state index in [9.17, 15) is 14.4 Å². The van der Waals surface area contributed by atoms with Crippen molar-refractivity contribution in [1.29, 1.82) is 0 Å². The largest absolute Gasteiger partial charge is 0.472 e. The second-order valence-electron chi connectivity index (χ2n) is 6.90. The number of hydrogen-bond donors (Lipinski definition) is 2. The molecule has 0 atom stereocenters. The van der Waals surface area contributed by atoms with Crippen LogP contribution < -0.4 is 5.48 Å². The van der Waals surface area contributed by atoms with E-state index < -0.39 is 5.82 Å². The van der Waals surface area contributed by atoms with Gasteiger partial charge in [-0.25, -0.2) is 9.38 Å². The van der Waals surface area contributed by atoms with Crippen LogP contribution in [0.5, 0.6) is 0 Å². The highest BCUT2D eigenvalue weighted by Gasteiger charge is 2.20. The number of furan rings is 1. The number of ketones is 1. The summed E-state index contributed by atoms with van der Waals surface area (Å²) in [7, 11) is 0. The number of amidine groups is 1. The van der Waals surface area contributed by atoms with Crippen LogP contribution in [-0.2, 0) is 11.2 Å². The zero-order valence-electron chi connectivity index (χ0n) is 14.9. The maximum atomic E-state index is 13.4. The predicted molar refractivity (Wildman–Crippen MR) is 104 cm³/mol. The van der Waals surface area contributed by atoms with E-state index in [0.717, 1.165) is 12.8 Å². The Morgan fingerprint density at radius 2 is 2.07 bits per heavy atom. The highest BCUT2D eigenvalue weighted by atomic mass is 79.9. The number of nitrogens with zero attached hydrogens (tertiary/aromatic N) is 1. The number of benzene rings is 1. The van der Waals surface area contributed by atoms with Gasteiger partial charge in [-0.05, 0) is 40.0 Å². The van der Waals surface area contributed by atoms with Crippen molar-refractivity contribution in [3.05, 3.63) is 52.1 Å². The topological polar surface area (TPSA) is 74.8 Å². The molecule has 0 aliphatic heterocycles. The SMILES string of the molecule is O=C(Cc1cocc1C(=Nc1ccc(F)c(Br)c1)NO)CC1CCCCC1. The van der Waals surface area contributed by atoms with Crippen molar-refractivity contribution < 1.29 is 18.8 Å². The van der Waals surface area contributed by atoms with Crippen molar-refractivity contribution in [2.75, 3.05) is 0 Å². The molecule has 2 N–H and O–H groups in total. The highest BCUT2D eigenvalue weighted by molar-refractivity contribution is 9.10. The molecule has 5 nitrogen and oxygen atoms in total. The first-order valence-electron chi connectivity index (χ1n) is 9.08. The molecule has 1 saturated carbocycles. The van der Waals surface area contributed by atoms with Crippen LogP contribution in [0.2, 0.25) is 0 Å². The van der Waals surface area contributed by atoms with Gasteiger partial charge in [-0.2, -0.15) is 0 Å². The van der Waals surface area contributed by atoms with Crippen molar-refractivity contribution >= 4 is 33.2 Å². The highest BCUT2D eigenvalue weighted by Crippen LogP contribution is 2.27. The zero-order valence-corrected chi connectivity index (χ0v) is 16.5. The molecule has 1 fully saturated rings. The maximum Gasteiger partial charge on any atom is 0.160 e. The van der Waals surface area contributed by atoms with Crippen molar-refractivity contribution in [2.45, 2.75) is 44.9 Å². The monoisotopic (exact) mass is 436 g/mol. The first-order chi connectivity index (χ1) is 13.1. The summed E-state index contributed by atoms with van der Waals surface area (Å²) in [4.78, 5) is 16.8. The van der Waals surface area contributed by atoms with E-state index >= 15 is 0 Å². The van der Waals surface area contributed by atoms with Gasteiger partial charge in [0.15, 0.2) is 5.84 Å². The quantitative estimate of drug-likeness (QED) is 0.365. The summed E-state index contributed by atoms with van der Waals surface area (Å²) in [5.41, 5.74) is 3.67. The third-order valence-corrected chi connectivity index (χ3v) is 5.48. The molecular formula is C20H22BrFN2O3. The van der Waals surface area contributed by atoms with Gasteiger partial charge in [0.25, 0.3) is 0 Å². The van der Waals surface area contributed by atoms with Crippen molar-refractivity contribution in [1.82, 2.24) is 5.48 Å². The summed E-state index contributed by atoms with van der Waals surface area (Å²) >= 11 is 3.11. The average Bonchev–Trinajstić information content (AvgIpc) is 3.11. The minimum absolute atomic E-state index is 0.141. The predicted octanol–water partition coefficient (Wildman–Crippen LogP) is 5.32. The number of Topliss-reactive ketones (excluding diaryl/α,β-unsaturated/α-hetero) is 1. The second-order valence-corrected chi connectivity index (χ2v) is 7.76. The summed E-state index contributed by atoms with van der Waals surface area (Å²) in [6, 6.07) is 4.27. The van der Waals surface area contributed by atoms with E-state index in [1.54, 1.807) is 0 Å². The summed E-state index contributed by atoms with van der Waals surface area (Å²) < 4.78 is 18.9. The van der Waals surface area contributed by atoms with Crippen LogP contribution in [0.15, 0.2) is 44.6 Å². The fraction of sp³-hybridized carbons (Fsp3) is 0.400. The molecule has 0 saturated heterocycles. The van der Waals surface area contributed by atoms with E-state index in [0.29, 0.717) is 29.2 Å². The van der Waals surface area contributed by atoms with Gasteiger partial charge in [-0.15, -0.1) is 0 Å². The van der Waals surface area contributed by atoms with Gasteiger partial charge in [0.05, 0.1) is 22.0 Å². The van der Waals surface area contributed by atoms with Gasteiger partial charge in [0.1, 0.15) is 17.9 Å². The molecule has 0 spiro atoms. The van der Waals surface area contributed by atoms with Gasteiger partial charge < -0.3 is 4.42 Å².